The highest BCUT2D eigenvalue weighted by Gasteiger charge is 2.36. The van der Waals surface area contributed by atoms with Gasteiger partial charge in [-0.2, -0.15) is 0 Å². The van der Waals surface area contributed by atoms with Crippen LogP contribution in [0, 0.1) is 5.41 Å². The maximum absolute atomic E-state index is 12.1. The summed E-state index contributed by atoms with van der Waals surface area (Å²) in [5.74, 6) is -1.46. The molecule has 1 rings (SSSR count). The molecule has 128 valence electrons. The lowest BCUT2D eigenvalue weighted by atomic mass is 9.80. The number of hydrogen-bond acceptors (Lipinski definition) is 5. The van der Waals surface area contributed by atoms with Gasteiger partial charge in [-0.25, -0.2) is 0 Å². The van der Waals surface area contributed by atoms with Crippen molar-refractivity contribution in [1.29, 1.82) is 0 Å². The summed E-state index contributed by atoms with van der Waals surface area (Å²) in [4.78, 5) is 35.2. The molecule has 0 heterocycles. The Kier molecular flexibility index (Phi) is 5.56. The molecule has 0 saturated heterocycles. The van der Waals surface area contributed by atoms with Crippen LogP contribution in [0.3, 0.4) is 0 Å². The van der Waals surface area contributed by atoms with Crippen LogP contribution < -0.4 is 0 Å². The van der Waals surface area contributed by atoms with E-state index in [1.54, 1.807) is 32.9 Å². The van der Waals surface area contributed by atoms with Crippen LogP contribution in [-0.4, -0.2) is 28.9 Å². The molecule has 0 aromatic rings. The van der Waals surface area contributed by atoms with Crippen molar-refractivity contribution in [3.05, 3.63) is 24.3 Å². The molecule has 0 atom stereocenters. The van der Waals surface area contributed by atoms with Gasteiger partial charge in [0.25, 0.3) is 0 Å². The van der Waals surface area contributed by atoms with Gasteiger partial charge < -0.3 is 9.47 Å². The summed E-state index contributed by atoms with van der Waals surface area (Å²) < 4.78 is 10.6. The Morgan fingerprint density at radius 2 is 1.52 bits per heavy atom. The maximum atomic E-state index is 12.1. The van der Waals surface area contributed by atoms with Gasteiger partial charge in [0.15, 0.2) is 5.78 Å². The summed E-state index contributed by atoms with van der Waals surface area (Å²) in [5, 5.41) is 0. The molecule has 0 aromatic heterocycles. The van der Waals surface area contributed by atoms with Crippen LogP contribution in [0.1, 0.15) is 54.4 Å². The second-order valence-electron chi connectivity index (χ2n) is 8.00. The van der Waals surface area contributed by atoms with E-state index in [2.05, 4.69) is 0 Å². The van der Waals surface area contributed by atoms with Crippen LogP contribution in [-0.2, 0) is 23.9 Å². The van der Waals surface area contributed by atoms with E-state index in [9.17, 15) is 14.4 Å². The van der Waals surface area contributed by atoms with E-state index in [0.717, 1.165) is 0 Å². The number of carbonyl (C=O) groups is 3. The van der Waals surface area contributed by atoms with Gasteiger partial charge in [-0.15, -0.1) is 0 Å². The zero-order chi connectivity index (χ0) is 17.9. The minimum absolute atomic E-state index is 0.138. The number of ketones is 1. The minimum Gasteiger partial charge on any atom is -0.460 e. The molecule has 0 fully saturated rings. The predicted octanol–water partition coefficient (Wildman–Crippen LogP) is 3.13. The van der Waals surface area contributed by atoms with Crippen molar-refractivity contribution in [3.8, 4) is 0 Å². The Morgan fingerprint density at radius 3 is 1.96 bits per heavy atom. The van der Waals surface area contributed by atoms with E-state index >= 15 is 0 Å². The van der Waals surface area contributed by atoms with Crippen molar-refractivity contribution < 1.29 is 23.9 Å². The topological polar surface area (TPSA) is 69.7 Å². The first-order chi connectivity index (χ1) is 10.3. The molecular weight excluding hydrogens is 296 g/mol. The standard InChI is InChI=1S/C18H26O5/c1-16(2,3)12-18(9-7-13(19)8-10-18)23-15(21)11-14(20)22-17(4,5)6/h7-10H,11-12H2,1-6H3. The van der Waals surface area contributed by atoms with Crippen LogP contribution in [0.25, 0.3) is 0 Å². The molecule has 0 unspecified atom stereocenters. The lowest BCUT2D eigenvalue weighted by molar-refractivity contribution is -0.165. The van der Waals surface area contributed by atoms with Crippen LogP contribution in [0.2, 0.25) is 0 Å². The first-order valence-corrected chi connectivity index (χ1v) is 7.66. The first-order valence-electron chi connectivity index (χ1n) is 7.66. The Morgan fingerprint density at radius 1 is 1.00 bits per heavy atom. The highest BCUT2D eigenvalue weighted by Crippen LogP contribution is 2.34. The predicted molar refractivity (Wildman–Crippen MR) is 86.6 cm³/mol. The smallest absolute Gasteiger partial charge is 0.318 e. The fraction of sp³-hybridized carbons (Fsp3) is 0.611. The van der Waals surface area contributed by atoms with Gasteiger partial charge in [0.1, 0.15) is 17.6 Å². The fourth-order valence-corrected chi connectivity index (χ4v) is 2.35. The highest BCUT2D eigenvalue weighted by atomic mass is 16.6. The molecule has 0 spiro atoms. The zero-order valence-corrected chi connectivity index (χ0v) is 14.8. The van der Waals surface area contributed by atoms with Gasteiger partial charge in [-0.1, -0.05) is 20.8 Å². The molecule has 0 amide bonds. The monoisotopic (exact) mass is 322 g/mol. The van der Waals surface area contributed by atoms with Crippen molar-refractivity contribution in [1.82, 2.24) is 0 Å². The molecule has 23 heavy (non-hydrogen) atoms. The van der Waals surface area contributed by atoms with E-state index in [1.165, 1.54) is 12.2 Å². The summed E-state index contributed by atoms with van der Waals surface area (Å²) in [6, 6.07) is 0. The SMILES string of the molecule is CC(C)(C)CC1(OC(=O)CC(=O)OC(C)(C)C)C=CC(=O)C=C1. The van der Waals surface area contributed by atoms with Gasteiger partial charge >= 0.3 is 11.9 Å². The van der Waals surface area contributed by atoms with Gasteiger partial charge in [0, 0.05) is 0 Å². The normalized spacial score (nSPS) is 17.0. The quantitative estimate of drug-likeness (QED) is 0.587. The van der Waals surface area contributed by atoms with Crippen molar-refractivity contribution in [2.75, 3.05) is 0 Å². The average Bonchev–Trinajstić information content (AvgIpc) is 2.28. The maximum Gasteiger partial charge on any atom is 0.318 e. The fourth-order valence-electron chi connectivity index (χ4n) is 2.35. The number of ether oxygens (including phenoxy) is 2. The molecule has 5 heteroatoms. The van der Waals surface area contributed by atoms with Crippen molar-refractivity contribution in [3.63, 3.8) is 0 Å². The van der Waals surface area contributed by atoms with E-state index in [1.807, 2.05) is 20.8 Å². The third kappa shape index (κ3) is 7.26. The lowest BCUT2D eigenvalue weighted by Crippen LogP contribution is -2.37. The first kappa shape index (κ1) is 19.1. The van der Waals surface area contributed by atoms with Crippen LogP contribution in [0.15, 0.2) is 24.3 Å². The summed E-state index contributed by atoms with van der Waals surface area (Å²) in [6.07, 6.45) is 5.96. The van der Waals surface area contributed by atoms with Gasteiger partial charge in [-0.3, -0.25) is 14.4 Å². The Balaban J connectivity index is 2.81. The van der Waals surface area contributed by atoms with Crippen molar-refractivity contribution in [2.45, 2.75) is 65.6 Å². The molecule has 5 nitrogen and oxygen atoms in total. The second kappa shape index (κ2) is 6.69. The third-order valence-corrected chi connectivity index (χ3v) is 2.88. The van der Waals surface area contributed by atoms with E-state index in [-0.39, 0.29) is 11.2 Å². The highest BCUT2D eigenvalue weighted by molar-refractivity contribution is 6.00. The zero-order valence-electron chi connectivity index (χ0n) is 14.8. The number of esters is 2. The summed E-state index contributed by atoms with van der Waals surface area (Å²) in [7, 11) is 0. The van der Waals surface area contributed by atoms with Gasteiger partial charge in [0.2, 0.25) is 0 Å². The summed E-state index contributed by atoms with van der Waals surface area (Å²) >= 11 is 0. The summed E-state index contributed by atoms with van der Waals surface area (Å²) in [6.45, 7) is 11.2. The number of carbonyl (C=O) groups excluding carboxylic acids is 3. The number of hydrogen-bond donors (Lipinski definition) is 0. The largest absolute Gasteiger partial charge is 0.460 e. The Labute approximate surface area is 137 Å². The molecular formula is C18H26O5. The molecule has 1 aliphatic rings. The van der Waals surface area contributed by atoms with Crippen molar-refractivity contribution in [2.24, 2.45) is 5.41 Å². The molecule has 0 aliphatic heterocycles. The lowest BCUT2D eigenvalue weighted by Gasteiger charge is -2.34. The van der Waals surface area contributed by atoms with Crippen LogP contribution in [0.4, 0.5) is 0 Å². The summed E-state index contributed by atoms with van der Waals surface area (Å²) in [5.41, 5.74) is -1.80. The Hall–Kier alpha value is -1.91. The minimum atomic E-state index is -1.01. The molecule has 0 saturated carbocycles. The van der Waals surface area contributed by atoms with E-state index in [4.69, 9.17) is 9.47 Å². The van der Waals surface area contributed by atoms with Gasteiger partial charge in [-0.05, 0) is 56.9 Å². The van der Waals surface area contributed by atoms with E-state index < -0.39 is 29.6 Å². The van der Waals surface area contributed by atoms with Crippen molar-refractivity contribution >= 4 is 17.7 Å². The average molecular weight is 322 g/mol. The number of allylic oxidation sites excluding steroid dienone is 2. The van der Waals surface area contributed by atoms with Crippen LogP contribution >= 0.6 is 0 Å². The third-order valence-electron chi connectivity index (χ3n) is 2.88. The molecule has 0 aromatic carbocycles. The second-order valence-corrected chi connectivity index (χ2v) is 8.00. The Bertz CT molecular complexity index is 525. The molecule has 0 bridgehead atoms. The van der Waals surface area contributed by atoms with Gasteiger partial charge in [0.05, 0.1) is 0 Å². The van der Waals surface area contributed by atoms with Crippen LogP contribution in [0.5, 0.6) is 0 Å². The molecule has 0 N–H and O–H groups in total. The molecule has 0 radical (unpaired) electrons. The molecule has 1 aliphatic carbocycles. The number of rotatable bonds is 4. The van der Waals surface area contributed by atoms with E-state index in [0.29, 0.717) is 6.42 Å².